The molecular weight excluding hydrogens is 500 g/mol. The Bertz CT molecular complexity index is 977. The summed E-state index contributed by atoms with van der Waals surface area (Å²) in [5, 5.41) is 18.8. The lowest BCUT2D eigenvalue weighted by molar-refractivity contribution is -0.193. The van der Waals surface area contributed by atoms with Gasteiger partial charge in [-0.15, -0.1) is 0 Å². The summed E-state index contributed by atoms with van der Waals surface area (Å²) in [6.45, 7) is 12.6. The molecule has 3 heterocycles. The van der Waals surface area contributed by atoms with Crippen LogP contribution in [0.15, 0.2) is 24.5 Å². The van der Waals surface area contributed by atoms with E-state index in [1.54, 1.807) is 0 Å². The van der Waals surface area contributed by atoms with Gasteiger partial charge in [-0.3, -0.25) is 14.6 Å². The highest BCUT2D eigenvalue weighted by molar-refractivity contribution is 5.73. The van der Waals surface area contributed by atoms with E-state index in [4.69, 9.17) is 19.8 Å². The first-order valence-corrected chi connectivity index (χ1v) is 10.6. The molecule has 0 atom stereocenters. The number of aryl methyl sites for hydroxylation is 3. The first kappa shape index (κ1) is 30.7. The van der Waals surface area contributed by atoms with Crippen molar-refractivity contribution in [2.45, 2.75) is 46.2 Å². The molecule has 3 rings (SSSR count). The minimum absolute atomic E-state index is 0.944. The minimum atomic E-state index is -5.08. The Balaban J connectivity index is 0.000000383. The summed E-state index contributed by atoms with van der Waals surface area (Å²) in [4.78, 5) is 27.0. The molecule has 36 heavy (non-hydrogen) atoms. The number of alkyl halides is 6. The van der Waals surface area contributed by atoms with Gasteiger partial charge in [0.25, 0.3) is 0 Å². The molecular formula is C21H27F6N5O4. The molecule has 2 aromatic rings. The maximum Gasteiger partial charge on any atom is 0.490 e. The van der Waals surface area contributed by atoms with Gasteiger partial charge in [0.2, 0.25) is 0 Å². The zero-order valence-electron chi connectivity index (χ0n) is 19.8. The third kappa shape index (κ3) is 10.1. The highest BCUT2D eigenvalue weighted by atomic mass is 19.4. The van der Waals surface area contributed by atoms with E-state index in [-0.39, 0.29) is 0 Å². The van der Waals surface area contributed by atoms with Crippen LogP contribution in [-0.2, 0) is 22.7 Å². The van der Waals surface area contributed by atoms with E-state index in [0.717, 1.165) is 45.0 Å². The van der Waals surface area contributed by atoms with Crippen molar-refractivity contribution in [3.8, 4) is 0 Å². The van der Waals surface area contributed by atoms with Gasteiger partial charge >= 0.3 is 24.3 Å². The summed E-state index contributed by atoms with van der Waals surface area (Å²) in [6, 6.07) is 4.34. The highest BCUT2D eigenvalue weighted by Gasteiger charge is 2.38. The largest absolute Gasteiger partial charge is 0.490 e. The Hall–Kier alpha value is -3.36. The summed E-state index contributed by atoms with van der Waals surface area (Å²) in [5.41, 5.74) is 5.02. The summed E-state index contributed by atoms with van der Waals surface area (Å²) in [7, 11) is 0. The molecule has 9 nitrogen and oxygen atoms in total. The van der Waals surface area contributed by atoms with Crippen molar-refractivity contribution in [1.82, 2.24) is 19.7 Å². The topological polar surface area (TPSA) is 112 Å². The third-order valence-corrected chi connectivity index (χ3v) is 4.86. The van der Waals surface area contributed by atoms with Gasteiger partial charge in [-0.25, -0.2) is 9.59 Å². The Labute approximate surface area is 202 Å². The Kier molecular flexibility index (Phi) is 11.2. The smallest absolute Gasteiger partial charge is 0.475 e. The molecule has 1 saturated heterocycles. The highest BCUT2D eigenvalue weighted by Crippen LogP contribution is 2.20. The molecule has 2 N–H and O–H groups in total. The Morgan fingerprint density at radius 1 is 0.972 bits per heavy atom. The van der Waals surface area contributed by atoms with Crippen molar-refractivity contribution in [3.05, 3.63) is 41.5 Å². The molecule has 0 saturated carbocycles. The summed E-state index contributed by atoms with van der Waals surface area (Å²) in [6.07, 6.45) is -6.33. The van der Waals surface area contributed by atoms with Crippen LogP contribution in [0.4, 0.5) is 32.0 Å². The first-order chi connectivity index (χ1) is 16.6. The van der Waals surface area contributed by atoms with Gasteiger partial charge < -0.3 is 15.1 Å². The average Bonchev–Trinajstić information content (AvgIpc) is 3.13. The van der Waals surface area contributed by atoms with Crippen molar-refractivity contribution in [3.63, 3.8) is 0 Å². The van der Waals surface area contributed by atoms with Crippen LogP contribution in [0.2, 0.25) is 0 Å². The number of halogens is 6. The Morgan fingerprint density at radius 2 is 1.47 bits per heavy atom. The van der Waals surface area contributed by atoms with Crippen molar-refractivity contribution >= 4 is 17.6 Å². The zero-order valence-corrected chi connectivity index (χ0v) is 19.8. The van der Waals surface area contributed by atoms with Crippen molar-refractivity contribution in [2.75, 3.05) is 31.1 Å². The fourth-order valence-corrected chi connectivity index (χ4v) is 3.20. The van der Waals surface area contributed by atoms with Crippen LogP contribution in [0.3, 0.4) is 0 Å². The summed E-state index contributed by atoms with van der Waals surface area (Å²) in [5.74, 6) is -5.51. The summed E-state index contributed by atoms with van der Waals surface area (Å²) >= 11 is 0. The fourth-order valence-electron chi connectivity index (χ4n) is 3.20. The molecule has 0 amide bonds. The number of aromatic nitrogens is 3. The van der Waals surface area contributed by atoms with E-state index in [2.05, 4.69) is 57.5 Å². The van der Waals surface area contributed by atoms with E-state index in [0.29, 0.717) is 0 Å². The zero-order chi connectivity index (χ0) is 27.7. The SMILES string of the molecule is CCn1nc(C)cc1CN1CCN(c2ccncc2C)CC1.O=C(O)C(F)(F)F.O=C(O)C(F)(F)F. The first-order valence-electron chi connectivity index (χ1n) is 10.6. The van der Waals surface area contributed by atoms with Gasteiger partial charge in [-0.2, -0.15) is 31.4 Å². The monoisotopic (exact) mass is 527 g/mol. The molecule has 0 radical (unpaired) electrons. The quantitative estimate of drug-likeness (QED) is 0.582. The number of carboxylic acid groups (broad SMARTS) is 2. The molecule has 2 aromatic heterocycles. The van der Waals surface area contributed by atoms with Crippen molar-refractivity contribution < 1.29 is 46.1 Å². The van der Waals surface area contributed by atoms with Crippen LogP contribution in [0, 0.1) is 13.8 Å². The number of piperazine rings is 1. The summed E-state index contributed by atoms with van der Waals surface area (Å²) < 4.78 is 65.6. The number of hydrogen-bond acceptors (Lipinski definition) is 6. The standard InChI is InChI=1S/C17H25N5.2C2HF3O2/c1-4-22-16(11-15(3)19-22)13-20-7-9-21(10-8-20)17-5-6-18-12-14(17)2;2*3-2(4,5)1(6)7/h5-6,11-12H,4,7-10,13H2,1-3H3;2*(H,6,7). The normalized spacial score (nSPS) is 14.3. The molecule has 0 bridgehead atoms. The number of carbonyl (C=O) groups is 2. The molecule has 0 aliphatic carbocycles. The molecule has 0 spiro atoms. The number of aliphatic carboxylic acids is 2. The number of anilines is 1. The number of hydrogen-bond donors (Lipinski definition) is 2. The maximum atomic E-state index is 10.6. The predicted octanol–water partition coefficient (Wildman–Crippen LogP) is 3.50. The van der Waals surface area contributed by atoms with Crippen LogP contribution in [0.1, 0.15) is 23.9 Å². The van der Waals surface area contributed by atoms with Gasteiger partial charge in [0.15, 0.2) is 0 Å². The van der Waals surface area contributed by atoms with Crippen molar-refractivity contribution in [2.24, 2.45) is 0 Å². The van der Waals surface area contributed by atoms with Crippen LogP contribution in [0.25, 0.3) is 0 Å². The van der Waals surface area contributed by atoms with Crippen LogP contribution >= 0.6 is 0 Å². The Morgan fingerprint density at radius 3 is 1.89 bits per heavy atom. The molecule has 0 aromatic carbocycles. The number of pyridine rings is 1. The van der Waals surface area contributed by atoms with Gasteiger partial charge in [0.05, 0.1) is 11.4 Å². The number of rotatable bonds is 4. The lowest BCUT2D eigenvalue weighted by Gasteiger charge is -2.36. The second-order valence-electron chi connectivity index (χ2n) is 7.62. The van der Waals surface area contributed by atoms with Crippen molar-refractivity contribution in [1.29, 1.82) is 0 Å². The van der Waals surface area contributed by atoms with E-state index < -0.39 is 24.3 Å². The van der Waals surface area contributed by atoms with Gasteiger partial charge in [-0.05, 0) is 38.5 Å². The molecule has 15 heteroatoms. The minimum Gasteiger partial charge on any atom is -0.475 e. The van der Waals surface area contributed by atoms with Gasteiger partial charge in [0.1, 0.15) is 0 Å². The second kappa shape index (κ2) is 13.1. The van der Waals surface area contributed by atoms with Gasteiger partial charge in [0, 0.05) is 57.3 Å². The van der Waals surface area contributed by atoms with E-state index in [1.165, 1.54) is 16.9 Å². The van der Waals surface area contributed by atoms with Gasteiger partial charge in [-0.1, -0.05) is 0 Å². The second-order valence-corrected chi connectivity index (χ2v) is 7.62. The van der Waals surface area contributed by atoms with Crippen LogP contribution in [-0.4, -0.2) is 80.3 Å². The van der Waals surface area contributed by atoms with E-state index >= 15 is 0 Å². The lowest BCUT2D eigenvalue weighted by Crippen LogP contribution is -2.46. The lowest BCUT2D eigenvalue weighted by atomic mass is 10.2. The molecule has 0 unspecified atom stereocenters. The van der Waals surface area contributed by atoms with E-state index in [9.17, 15) is 26.3 Å². The molecule has 202 valence electrons. The maximum absolute atomic E-state index is 10.6. The molecule has 1 fully saturated rings. The van der Waals surface area contributed by atoms with Crippen LogP contribution < -0.4 is 4.90 Å². The number of nitrogens with zero attached hydrogens (tertiary/aromatic N) is 5. The average molecular weight is 527 g/mol. The fraction of sp³-hybridized carbons (Fsp3) is 0.524. The van der Waals surface area contributed by atoms with Crippen LogP contribution in [0.5, 0.6) is 0 Å². The third-order valence-electron chi connectivity index (χ3n) is 4.86. The predicted molar refractivity (Wildman–Crippen MR) is 116 cm³/mol. The molecule has 1 aliphatic heterocycles. The number of carboxylic acids is 2. The molecule has 1 aliphatic rings. The van der Waals surface area contributed by atoms with E-state index in [1.807, 2.05) is 12.4 Å².